The van der Waals surface area contributed by atoms with Gasteiger partial charge in [-0.15, -0.1) is 0 Å². The van der Waals surface area contributed by atoms with Crippen molar-refractivity contribution in [1.29, 1.82) is 0 Å². The summed E-state index contributed by atoms with van der Waals surface area (Å²) in [6, 6.07) is 3.59. The molecule has 192 valence electrons. The molecule has 0 aromatic carbocycles. The number of carbonyl (C=O) groups is 2. The van der Waals surface area contributed by atoms with Crippen LogP contribution in [-0.2, 0) is 11.4 Å². The Bertz CT molecular complexity index is 975. The molecule has 3 heterocycles. The number of nitrogens with zero attached hydrogens (tertiary/aromatic N) is 4. The van der Waals surface area contributed by atoms with Crippen LogP contribution in [0.25, 0.3) is 0 Å². The lowest BCUT2D eigenvalue weighted by Crippen LogP contribution is -2.51. The molecule has 1 fully saturated rings. The van der Waals surface area contributed by atoms with Crippen LogP contribution in [-0.4, -0.2) is 70.6 Å². The van der Waals surface area contributed by atoms with E-state index < -0.39 is 5.91 Å². The molecule has 2 aromatic rings. The Balaban J connectivity index is 1.52. The standard InChI is InChI=1S/C24H33ClN5O4S/c1-16-13-21(25)26-18(3)22(16)23(31)30(33)11-5-17(2)28-9-6-20(7-10-28)29(24(32)27-34-4)14-19-8-12-35-15-19/h8,12-13,15,17,20H,5-7,9-11,14H2,1-4H3,(H,27,32)/q-1/t17-/m1/s1. The molecule has 0 saturated carbocycles. The SMILES string of the molecule is CONC(=O)N(Cc1ccsc1)C1CCN([C@H](C)CCN([O-])C(=O)c2c(C)cc(Cl)nc2C)CC1. The highest BCUT2D eigenvalue weighted by Gasteiger charge is 2.30. The van der Waals surface area contributed by atoms with Crippen LogP contribution in [0.4, 0.5) is 4.79 Å². The minimum Gasteiger partial charge on any atom is -0.756 e. The molecule has 9 nitrogen and oxygen atoms in total. The third-order valence-electron chi connectivity index (χ3n) is 6.50. The van der Waals surface area contributed by atoms with Gasteiger partial charge in [0, 0.05) is 38.3 Å². The van der Waals surface area contributed by atoms with E-state index in [1.54, 1.807) is 31.3 Å². The highest BCUT2D eigenvalue weighted by atomic mass is 35.5. The number of hydrogen-bond acceptors (Lipinski definition) is 7. The van der Waals surface area contributed by atoms with Crippen LogP contribution in [0.5, 0.6) is 0 Å². The van der Waals surface area contributed by atoms with Crippen LogP contribution in [0.2, 0.25) is 5.15 Å². The minimum atomic E-state index is -0.580. The van der Waals surface area contributed by atoms with Crippen molar-refractivity contribution >= 4 is 34.9 Å². The number of aromatic nitrogens is 1. The maximum absolute atomic E-state index is 12.7. The predicted molar refractivity (Wildman–Crippen MR) is 137 cm³/mol. The van der Waals surface area contributed by atoms with Crippen LogP contribution >= 0.6 is 22.9 Å². The highest BCUT2D eigenvalue weighted by Crippen LogP contribution is 2.23. The van der Waals surface area contributed by atoms with Gasteiger partial charge in [-0.2, -0.15) is 11.3 Å². The van der Waals surface area contributed by atoms with Gasteiger partial charge in [-0.1, -0.05) is 11.6 Å². The monoisotopic (exact) mass is 522 g/mol. The Labute approximate surface area is 215 Å². The highest BCUT2D eigenvalue weighted by molar-refractivity contribution is 7.07. The summed E-state index contributed by atoms with van der Waals surface area (Å²) in [5, 5.41) is 17.4. The number of thiophene rings is 1. The van der Waals surface area contributed by atoms with Crippen LogP contribution in [0.1, 0.15) is 53.4 Å². The van der Waals surface area contributed by atoms with Crippen molar-refractivity contribution in [3.8, 4) is 0 Å². The third kappa shape index (κ3) is 7.14. The maximum Gasteiger partial charge on any atom is 0.341 e. The van der Waals surface area contributed by atoms with Gasteiger partial charge in [0.05, 0.1) is 18.4 Å². The molecule has 0 bridgehead atoms. The van der Waals surface area contributed by atoms with Gasteiger partial charge in [0.15, 0.2) is 0 Å². The zero-order chi connectivity index (χ0) is 25.5. The molecule has 0 aliphatic carbocycles. The molecule has 1 atom stereocenters. The molecule has 0 spiro atoms. The minimum absolute atomic E-state index is 0.0921. The van der Waals surface area contributed by atoms with Crippen LogP contribution < -0.4 is 5.48 Å². The van der Waals surface area contributed by atoms with E-state index in [0.717, 1.165) is 31.5 Å². The summed E-state index contributed by atoms with van der Waals surface area (Å²) in [6.45, 7) is 7.74. The molecule has 3 rings (SSSR count). The normalized spacial score (nSPS) is 15.6. The predicted octanol–water partition coefficient (Wildman–Crippen LogP) is 4.37. The quantitative estimate of drug-likeness (QED) is 0.387. The van der Waals surface area contributed by atoms with E-state index in [1.165, 1.54) is 7.11 Å². The van der Waals surface area contributed by atoms with Gasteiger partial charge in [0.25, 0.3) is 0 Å². The Kier molecular flexibility index (Phi) is 9.88. The number of rotatable bonds is 9. The Morgan fingerprint density at radius 1 is 1.37 bits per heavy atom. The van der Waals surface area contributed by atoms with Crippen molar-refractivity contribution in [3.05, 3.63) is 55.6 Å². The molecule has 3 amide bonds. The number of nitrogens with one attached hydrogen (secondary N) is 1. The number of hydroxylamine groups is 3. The fourth-order valence-electron chi connectivity index (χ4n) is 4.55. The van der Waals surface area contributed by atoms with E-state index in [1.807, 2.05) is 21.7 Å². The molecular formula is C24H33ClN5O4S-. The number of hydrogen-bond donors (Lipinski definition) is 1. The van der Waals surface area contributed by atoms with Gasteiger partial charge in [-0.05, 0) is 74.1 Å². The number of piperidine rings is 1. The number of halogens is 1. The van der Waals surface area contributed by atoms with Crippen molar-refractivity contribution < 1.29 is 14.4 Å². The van der Waals surface area contributed by atoms with Gasteiger partial charge in [-0.25, -0.2) is 15.3 Å². The number of carbonyl (C=O) groups excluding carboxylic acids is 2. The first-order valence-corrected chi connectivity index (χ1v) is 13.0. The molecule has 0 radical (unpaired) electrons. The Morgan fingerprint density at radius 2 is 2.09 bits per heavy atom. The molecule has 0 unspecified atom stereocenters. The second-order valence-corrected chi connectivity index (χ2v) is 10.1. The molecular weight excluding hydrogens is 490 g/mol. The topological polar surface area (TPSA) is 101 Å². The summed E-state index contributed by atoms with van der Waals surface area (Å²) in [6.07, 6.45) is 2.20. The number of pyridine rings is 1. The number of amides is 3. The molecule has 35 heavy (non-hydrogen) atoms. The lowest BCUT2D eigenvalue weighted by atomic mass is 10.0. The van der Waals surface area contributed by atoms with Gasteiger partial charge in [0.2, 0.25) is 5.91 Å². The summed E-state index contributed by atoms with van der Waals surface area (Å²) < 4.78 is 0. The van der Waals surface area contributed by atoms with E-state index in [-0.39, 0.29) is 24.7 Å². The number of aryl methyl sites for hydroxylation is 2. The van der Waals surface area contributed by atoms with Gasteiger partial charge in [0.1, 0.15) is 5.15 Å². The Hall–Kier alpha value is -2.24. The van der Waals surface area contributed by atoms with E-state index in [4.69, 9.17) is 16.4 Å². The fraction of sp³-hybridized carbons (Fsp3) is 0.542. The third-order valence-corrected chi connectivity index (χ3v) is 7.43. The molecule has 11 heteroatoms. The number of urea groups is 1. The van der Waals surface area contributed by atoms with Crippen LogP contribution in [0, 0.1) is 19.1 Å². The Morgan fingerprint density at radius 3 is 2.69 bits per heavy atom. The number of likely N-dealkylation sites (tertiary alicyclic amines) is 1. The van der Waals surface area contributed by atoms with Gasteiger partial charge < -0.3 is 20.1 Å². The molecule has 2 aromatic heterocycles. The lowest BCUT2D eigenvalue weighted by molar-refractivity contribution is 0.0555. The maximum atomic E-state index is 12.7. The largest absolute Gasteiger partial charge is 0.756 e. The van der Waals surface area contributed by atoms with E-state index in [9.17, 15) is 14.8 Å². The first-order chi connectivity index (χ1) is 16.7. The summed E-state index contributed by atoms with van der Waals surface area (Å²) >= 11 is 7.55. The van der Waals surface area contributed by atoms with Crippen molar-refractivity contribution in [2.75, 3.05) is 26.7 Å². The summed E-state index contributed by atoms with van der Waals surface area (Å²) in [7, 11) is 1.43. The van der Waals surface area contributed by atoms with Gasteiger partial charge in [-0.3, -0.25) is 9.63 Å². The average Bonchev–Trinajstić information content (AvgIpc) is 3.33. The zero-order valence-electron chi connectivity index (χ0n) is 20.6. The fourth-order valence-corrected chi connectivity index (χ4v) is 5.50. The van der Waals surface area contributed by atoms with E-state index in [2.05, 4.69) is 22.3 Å². The smallest absolute Gasteiger partial charge is 0.341 e. The van der Waals surface area contributed by atoms with Crippen LogP contribution in [0.3, 0.4) is 0 Å². The molecule has 1 N–H and O–H groups in total. The average molecular weight is 523 g/mol. The molecule has 1 saturated heterocycles. The second kappa shape index (κ2) is 12.6. The van der Waals surface area contributed by atoms with E-state index >= 15 is 0 Å². The van der Waals surface area contributed by atoms with E-state index in [0.29, 0.717) is 40.0 Å². The van der Waals surface area contributed by atoms with Crippen LogP contribution in [0.15, 0.2) is 22.9 Å². The molecule has 1 aliphatic rings. The summed E-state index contributed by atoms with van der Waals surface area (Å²) in [4.78, 5) is 38.4. The zero-order valence-corrected chi connectivity index (χ0v) is 22.2. The first kappa shape index (κ1) is 27.3. The van der Waals surface area contributed by atoms with Crippen molar-refractivity contribution in [2.24, 2.45) is 0 Å². The first-order valence-electron chi connectivity index (χ1n) is 11.7. The summed E-state index contributed by atoms with van der Waals surface area (Å²) in [5.74, 6) is -0.580. The van der Waals surface area contributed by atoms with Gasteiger partial charge >= 0.3 is 6.03 Å². The second-order valence-electron chi connectivity index (χ2n) is 8.91. The van der Waals surface area contributed by atoms with Crippen molar-refractivity contribution in [2.45, 2.75) is 58.7 Å². The summed E-state index contributed by atoms with van der Waals surface area (Å²) in [5.41, 5.74) is 4.97. The van der Waals surface area contributed by atoms with Crippen molar-refractivity contribution in [1.82, 2.24) is 25.3 Å². The molecule has 1 aliphatic heterocycles. The van der Waals surface area contributed by atoms with Crippen molar-refractivity contribution in [3.63, 3.8) is 0 Å². The lowest BCUT2D eigenvalue weighted by Gasteiger charge is -2.41.